The molecule has 0 spiro atoms. The highest BCUT2D eigenvalue weighted by molar-refractivity contribution is 6.01. The first-order valence-corrected chi connectivity index (χ1v) is 8.00. The number of nitrogens with one attached hydrogen (secondary N) is 1. The summed E-state index contributed by atoms with van der Waals surface area (Å²) in [6.45, 7) is 1.91. The molecule has 128 valence electrons. The summed E-state index contributed by atoms with van der Waals surface area (Å²) in [5.74, 6) is -0.546. The van der Waals surface area contributed by atoms with Crippen LogP contribution in [0.4, 0.5) is 10.5 Å². The number of nitrogens with zero attached hydrogens (tertiary/aromatic N) is 1. The average molecular weight is 332 g/mol. The third-order valence-electron chi connectivity index (χ3n) is 4.47. The van der Waals surface area contributed by atoms with Gasteiger partial charge >= 0.3 is 6.09 Å². The van der Waals surface area contributed by atoms with Crippen molar-refractivity contribution in [2.24, 2.45) is 5.92 Å². The number of fused-ring (bicyclic) bond motifs is 1. The maximum atomic E-state index is 12.2. The fourth-order valence-electron chi connectivity index (χ4n) is 3.15. The molecule has 24 heavy (non-hydrogen) atoms. The number of carbonyl (C=O) groups is 3. The number of hydrogen-bond donors (Lipinski definition) is 2. The Hall–Kier alpha value is -2.41. The number of carbonyl (C=O) groups excluding carboxylic acids is 3. The van der Waals surface area contributed by atoms with Crippen molar-refractivity contribution in [2.45, 2.75) is 25.9 Å². The van der Waals surface area contributed by atoms with Crippen LogP contribution in [0.5, 0.6) is 0 Å². The molecule has 1 fully saturated rings. The number of cyclic esters (lactones) is 1. The van der Waals surface area contributed by atoms with Gasteiger partial charge in [0.05, 0.1) is 19.7 Å². The lowest BCUT2D eigenvalue weighted by atomic mass is 9.83. The number of ketones is 1. The lowest BCUT2D eigenvalue weighted by Gasteiger charge is -2.23. The van der Waals surface area contributed by atoms with Crippen LogP contribution >= 0.6 is 0 Å². The van der Waals surface area contributed by atoms with E-state index in [-0.39, 0.29) is 30.8 Å². The molecule has 1 heterocycles. The summed E-state index contributed by atoms with van der Waals surface area (Å²) >= 11 is 0. The number of aryl methyl sites for hydroxylation is 1. The van der Waals surface area contributed by atoms with E-state index in [9.17, 15) is 19.5 Å². The van der Waals surface area contributed by atoms with E-state index in [0.29, 0.717) is 30.6 Å². The molecular weight excluding hydrogens is 312 g/mol. The molecular formula is C17H20N2O5. The van der Waals surface area contributed by atoms with E-state index in [4.69, 9.17) is 4.74 Å². The zero-order valence-electron chi connectivity index (χ0n) is 13.4. The van der Waals surface area contributed by atoms with E-state index in [1.807, 2.05) is 6.07 Å². The van der Waals surface area contributed by atoms with Crippen molar-refractivity contribution < 1.29 is 24.2 Å². The fraction of sp³-hybridized carbons (Fsp3) is 0.471. The van der Waals surface area contributed by atoms with E-state index in [0.717, 1.165) is 5.56 Å². The van der Waals surface area contributed by atoms with Crippen molar-refractivity contribution in [1.29, 1.82) is 0 Å². The van der Waals surface area contributed by atoms with Crippen molar-refractivity contribution in [2.75, 3.05) is 24.6 Å². The van der Waals surface area contributed by atoms with Gasteiger partial charge < -0.3 is 15.2 Å². The molecule has 0 aromatic heterocycles. The summed E-state index contributed by atoms with van der Waals surface area (Å²) in [5.41, 5.74) is 2.19. The van der Waals surface area contributed by atoms with Crippen LogP contribution in [0.3, 0.4) is 0 Å². The Morgan fingerprint density at radius 1 is 1.42 bits per heavy atom. The number of rotatable bonds is 4. The first-order valence-electron chi connectivity index (χ1n) is 8.00. The maximum absolute atomic E-state index is 12.2. The predicted octanol–water partition coefficient (Wildman–Crippen LogP) is 0.885. The van der Waals surface area contributed by atoms with Gasteiger partial charge in [-0.25, -0.2) is 4.79 Å². The molecule has 7 heteroatoms. The molecule has 2 amide bonds. The highest BCUT2D eigenvalue weighted by Crippen LogP contribution is 2.30. The number of Topliss-reactive ketones (excluding diaryl/α,β-unsaturated/α-hetero) is 1. The Morgan fingerprint density at radius 2 is 2.21 bits per heavy atom. The number of anilines is 1. The highest BCUT2D eigenvalue weighted by Gasteiger charge is 2.33. The van der Waals surface area contributed by atoms with Crippen LogP contribution in [-0.4, -0.2) is 48.7 Å². The van der Waals surface area contributed by atoms with Crippen molar-refractivity contribution in [1.82, 2.24) is 5.32 Å². The van der Waals surface area contributed by atoms with Crippen LogP contribution in [0.1, 0.15) is 29.3 Å². The molecule has 1 aliphatic carbocycles. The Kier molecular flexibility index (Phi) is 4.53. The van der Waals surface area contributed by atoms with Gasteiger partial charge in [-0.3, -0.25) is 14.5 Å². The number of hydrogen-bond acceptors (Lipinski definition) is 5. The second-order valence-corrected chi connectivity index (χ2v) is 6.18. The zero-order valence-corrected chi connectivity index (χ0v) is 13.4. The topological polar surface area (TPSA) is 95.9 Å². The van der Waals surface area contributed by atoms with E-state index in [1.165, 1.54) is 11.8 Å². The smallest absolute Gasteiger partial charge is 0.414 e. The van der Waals surface area contributed by atoms with Crippen LogP contribution in [0.25, 0.3) is 0 Å². The monoisotopic (exact) mass is 332 g/mol. The van der Waals surface area contributed by atoms with Gasteiger partial charge in [0.1, 0.15) is 6.10 Å². The molecule has 1 aliphatic heterocycles. The molecule has 2 aliphatic rings. The summed E-state index contributed by atoms with van der Waals surface area (Å²) < 4.78 is 5.25. The molecule has 0 radical (unpaired) electrons. The lowest BCUT2D eigenvalue weighted by Crippen LogP contribution is -2.33. The summed E-state index contributed by atoms with van der Waals surface area (Å²) in [7, 11) is 0. The van der Waals surface area contributed by atoms with Gasteiger partial charge in [0.2, 0.25) is 5.91 Å². The Labute approximate surface area is 139 Å². The lowest BCUT2D eigenvalue weighted by molar-refractivity contribution is -0.119. The third kappa shape index (κ3) is 3.12. The quantitative estimate of drug-likeness (QED) is 0.853. The van der Waals surface area contributed by atoms with Crippen molar-refractivity contribution in [3.8, 4) is 0 Å². The highest BCUT2D eigenvalue weighted by atomic mass is 16.6. The molecule has 7 nitrogen and oxygen atoms in total. The standard InChI is InChI=1S/C17H20N2O5/c1-10(21)18-7-14-8-19(17(23)24-14)13-4-5-15-11(6-13)2-3-12(9-20)16(15)22/h4-6,12,14,20H,2-3,7-9H2,1H3,(H,18,21). The molecule has 3 rings (SSSR count). The first-order chi connectivity index (χ1) is 11.5. The normalized spacial score (nSPS) is 23.0. The van der Waals surface area contributed by atoms with Crippen molar-refractivity contribution in [3.63, 3.8) is 0 Å². The number of ether oxygens (including phenoxy) is 1. The third-order valence-corrected chi connectivity index (χ3v) is 4.47. The molecule has 2 unspecified atom stereocenters. The minimum Gasteiger partial charge on any atom is -0.442 e. The average Bonchev–Trinajstić information content (AvgIpc) is 2.94. The summed E-state index contributed by atoms with van der Waals surface area (Å²) in [6.07, 6.45) is 0.457. The Morgan fingerprint density at radius 3 is 2.92 bits per heavy atom. The van der Waals surface area contributed by atoms with Gasteiger partial charge in [-0.15, -0.1) is 0 Å². The fourth-order valence-corrected chi connectivity index (χ4v) is 3.15. The van der Waals surface area contributed by atoms with Crippen LogP contribution in [0, 0.1) is 5.92 Å². The molecule has 1 saturated heterocycles. The molecule has 1 aromatic carbocycles. The summed E-state index contributed by atoms with van der Waals surface area (Å²) in [4.78, 5) is 36.8. The van der Waals surface area contributed by atoms with Gasteiger partial charge in [-0.05, 0) is 36.6 Å². The predicted molar refractivity (Wildman–Crippen MR) is 86.0 cm³/mol. The Bertz CT molecular complexity index is 688. The van der Waals surface area contributed by atoms with Crippen molar-refractivity contribution in [3.05, 3.63) is 29.3 Å². The van der Waals surface area contributed by atoms with Gasteiger partial charge in [0, 0.05) is 24.1 Å². The number of aliphatic hydroxyl groups excluding tert-OH is 1. The number of amides is 2. The van der Waals surface area contributed by atoms with E-state index < -0.39 is 12.2 Å². The van der Waals surface area contributed by atoms with Gasteiger partial charge in [0.15, 0.2) is 5.78 Å². The minimum atomic E-state index is -0.458. The molecule has 0 bridgehead atoms. The summed E-state index contributed by atoms with van der Waals surface area (Å²) in [5, 5.41) is 11.9. The SMILES string of the molecule is CC(=O)NCC1CN(c2ccc3c(c2)CCC(CO)C3=O)C(=O)O1. The largest absolute Gasteiger partial charge is 0.442 e. The van der Waals surface area contributed by atoms with Crippen LogP contribution in [0.15, 0.2) is 18.2 Å². The second kappa shape index (κ2) is 6.60. The number of aliphatic hydroxyl groups is 1. The van der Waals surface area contributed by atoms with E-state index in [1.54, 1.807) is 12.1 Å². The van der Waals surface area contributed by atoms with Gasteiger partial charge in [0.25, 0.3) is 0 Å². The number of benzene rings is 1. The van der Waals surface area contributed by atoms with Crippen LogP contribution in [0.2, 0.25) is 0 Å². The minimum absolute atomic E-state index is 0.0437. The first kappa shape index (κ1) is 16.4. The molecule has 1 aromatic rings. The van der Waals surface area contributed by atoms with Crippen LogP contribution in [-0.2, 0) is 16.0 Å². The second-order valence-electron chi connectivity index (χ2n) is 6.18. The van der Waals surface area contributed by atoms with Crippen molar-refractivity contribution >= 4 is 23.5 Å². The molecule has 0 saturated carbocycles. The molecule has 2 N–H and O–H groups in total. The molecule has 2 atom stereocenters. The van der Waals surface area contributed by atoms with E-state index in [2.05, 4.69) is 5.32 Å². The maximum Gasteiger partial charge on any atom is 0.414 e. The van der Waals surface area contributed by atoms with Crippen LogP contribution < -0.4 is 10.2 Å². The van der Waals surface area contributed by atoms with E-state index >= 15 is 0 Å². The van der Waals surface area contributed by atoms with Gasteiger partial charge in [-0.2, -0.15) is 0 Å². The van der Waals surface area contributed by atoms with Gasteiger partial charge in [-0.1, -0.05) is 0 Å². The zero-order chi connectivity index (χ0) is 17.3. The summed E-state index contributed by atoms with van der Waals surface area (Å²) in [6, 6.07) is 5.27. The Balaban J connectivity index is 1.75.